The average Bonchev–Trinajstić information content (AvgIpc) is 2.50. The second kappa shape index (κ2) is 7.16. The summed E-state index contributed by atoms with van der Waals surface area (Å²) in [5.74, 6) is 0. The fraction of sp³-hybridized carbons (Fsp3) is 0.545. The topological polar surface area (TPSA) is 180 Å². The first-order chi connectivity index (χ1) is 10.8. The lowest BCUT2D eigenvalue weighted by Crippen LogP contribution is -2.64. The smallest absolute Gasteiger partial charge is 0.325 e. The second-order valence-corrected chi connectivity index (χ2v) is 5.25. The summed E-state index contributed by atoms with van der Waals surface area (Å²) in [6.45, 7) is -0.586. The zero-order valence-corrected chi connectivity index (χ0v) is 12.4. The third-order valence-corrected chi connectivity index (χ3v) is 3.49. The SMILES string of the molecule is O=c1[nH]cc(NC(=S)N[C@@H]2[C@@H](O)[C@H](O)[C@H](CO)O[C@@H]2O)c(=O)[nH]1. The van der Waals surface area contributed by atoms with Gasteiger partial charge in [0.15, 0.2) is 11.4 Å². The number of H-pyrrole nitrogens is 2. The van der Waals surface area contributed by atoms with Gasteiger partial charge in [-0.05, 0) is 12.2 Å². The summed E-state index contributed by atoms with van der Waals surface area (Å²) in [5, 5.41) is 43.3. The van der Waals surface area contributed by atoms with E-state index in [4.69, 9.17) is 22.1 Å². The maximum Gasteiger partial charge on any atom is 0.325 e. The van der Waals surface area contributed by atoms with E-state index in [2.05, 4.69) is 15.6 Å². The van der Waals surface area contributed by atoms with E-state index >= 15 is 0 Å². The molecule has 0 saturated carbocycles. The first-order valence-corrected chi connectivity index (χ1v) is 6.94. The Morgan fingerprint density at radius 2 is 2.00 bits per heavy atom. The van der Waals surface area contributed by atoms with Gasteiger partial charge in [-0.25, -0.2) is 4.79 Å². The third-order valence-electron chi connectivity index (χ3n) is 3.27. The van der Waals surface area contributed by atoms with Crippen molar-refractivity contribution in [2.45, 2.75) is 30.6 Å². The first-order valence-electron chi connectivity index (χ1n) is 6.53. The van der Waals surface area contributed by atoms with Gasteiger partial charge in [-0.1, -0.05) is 0 Å². The van der Waals surface area contributed by atoms with Crippen LogP contribution in [0.4, 0.5) is 5.69 Å². The number of anilines is 1. The highest BCUT2D eigenvalue weighted by Crippen LogP contribution is 2.19. The molecule has 12 heteroatoms. The average molecular weight is 348 g/mol. The van der Waals surface area contributed by atoms with Gasteiger partial charge in [0.2, 0.25) is 0 Å². The van der Waals surface area contributed by atoms with Crippen molar-refractivity contribution < 1.29 is 25.2 Å². The summed E-state index contributed by atoms with van der Waals surface area (Å²) in [5.41, 5.74) is -1.49. The Hall–Kier alpha value is -1.83. The van der Waals surface area contributed by atoms with Crippen LogP contribution in [0, 0.1) is 0 Å². The number of hydrogen-bond acceptors (Lipinski definition) is 8. The Kier molecular flexibility index (Phi) is 5.46. The van der Waals surface area contributed by atoms with Crippen LogP contribution >= 0.6 is 12.2 Å². The lowest BCUT2D eigenvalue weighted by Gasteiger charge is -2.40. The number of hydrogen-bond donors (Lipinski definition) is 8. The van der Waals surface area contributed by atoms with Crippen LogP contribution in [-0.4, -0.2) is 72.8 Å². The predicted octanol–water partition coefficient (Wildman–Crippen LogP) is -3.85. The molecule has 0 radical (unpaired) electrons. The van der Waals surface area contributed by atoms with Gasteiger partial charge >= 0.3 is 5.69 Å². The number of aromatic nitrogens is 2. The van der Waals surface area contributed by atoms with Gasteiger partial charge in [0.05, 0.1) is 6.61 Å². The van der Waals surface area contributed by atoms with Crippen LogP contribution in [-0.2, 0) is 4.74 Å². The monoisotopic (exact) mass is 348 g/mol. The van der Waals surface area contributed by atoms with Crippen LogP contribution in [0.2, 0.25) is 0 Å². The van der Waals surface area contributed by atoms with Crippen molar-refractivity contribution in [3.63, 3.8) is 0 Å². The van der Waals surface area contributed by atoms with Crippen molar-refractivity contribution in [1.29, 1.82) is 0 Å². The molecule has 0 spiro atoms. The highest BCUT2D eigenvalue weighted by molar-refractivity contribution is 7.80. The highest BCUT2D eigenvalue weighted by atomic mass is 32.1. The van der Waals surface area contributed by atoms with Gasteiger partial charge in [-0.2, -0.15) is 0 Å². The molecular formula is C11H16N4O7S. The molecule has 1 aromatic rings. The van der Waals surface area contributed by atoms with Gasteiger partial charge in [0.1, 0.15) is 30.0 Å². The molecule has 2 rings (SSSR count). The Bertz CT molecular complexity index is 677. The number of aromatic amines is 2. The van der Waals surface area contributed by atoms with Crippen LogP contribution in [0.25, 0.3) is 0 Å². The van der Waals surface area contributed by atoms with E-state index in [9.17, 15) is 24.9 Å². The molecule has 1 aliphatic rings. The van der Waals surface area contributed by atoms with Crippen molar-refractivity contribution in [2.75, 3.05) is 11.9 Å². The van der Waals surface area contributed by atoms with E-state index < -0.39 is 48.5 Å². The van der Waals surface area contributed by atoms with E-state index in [0.29, 0.717) is 0 Å². The van der Waals surface area contributed by atoms with Gasteiger partial charge in [0.25, 0.3) is 5.56 Å². The molecule has 128 valence electrons. The molecule has 23 heavy (non-hydrogen) atoms. The fourth-order valence-electron chi connectivity index (χ4n) is 2.07. The summed E-state index contributed by atoms with van der Waals surface area (Å²) in [6.07, 6.45) is -4.53. The first kappa shape index (κ1) is 17.5. The molecule has 2 heterocycles. The molecule has 1 fully saturated rings. The number of aliphatic hydroxyl groups is 4. The summed E-state index contributed by atoms with van der Waals surface area (Å²) < 4.78 is 4.95. The Morgan fingerprint density at radius 1 is 1.30 bits per heavy atom. The molecule has 8 N–H and O–H groups in total. The molecule has 0 unspecified atom stereocenters. The van der Waals surface area contributed by atoms with Crippen LogP contribution in [0.5, 0.6) is 0 Å². The van der Waals surface area contributed by atoms with Crippen molar-refractivity contribution in [1.82, 2.24) is 15.3 Å². The standard InChI is InChI=1S/C11H16N4O7S/c16-2-4-6(17)7(18)5(9(20)22-4)14-11(23)13-3-1-12-10(21)15-8(3)19/h1,4-7,9,16-18,20H,2H2,(H2,13,14,23)(H2,12,15,19,21)/t4-,5+,6+,7+,9-/m0/s1. The third kappa shape index (κ3) is 3.93. The van der Waals surface area contributed by atoms with Crippen LogP contribution in [0.1, 0.15) is 0 Å². The quantitative estimate of drug-likeness (QED) is 0.252. The Morgan fingerprint density at radius 3 is 2.61 bits per heavy atom. The molecule has 5 atom stereocenters. The second-order valence-electron chi connectivity index (χ2n) is 4.84. The largest absolute Gasteiger partial charge is 0.394 e. The Balaban J connectivity index is 2.04. The lowest BCUT2D eigenvalue weighted by atomic mass is 9.97. The van der Waals surface area contributed by atoms with E-state index in [1.54, 1.807) is 0 Å². The van der Waals surface area contributed by atoms with Gasteiger partial charge in [-0.3, -0.25) is 9.78 Å². The normalized spacial score (nSPS) is 30.7. The Labute approximate surface area is 133 Å². The number of aliphatic hydroxyl groups excluding tert-OH is 4. The number of nitrogens with one attached hydrogen (secondary N) is 4. The number of rotatable bonds is 3. The molecule has 1 aliphatic heterocycles. The van der Waals surface area contributed by atoms with E-state index in [1.807, 2.05) is 4.98 Å². The minimum Gasteiger partial charge on any atom is -0.394 e. The van der Waals surface area contributed by atoms with Crippen molar-refractivity contribution >= 4 is 23.0 Å². The van der Waals surface area contributed by atoms with Gasteiger partial charge in [-0.15, -0.1) is 0 Å². The van der Waals surface area contributed by atoms with Crippen LogP contribution < -0.4 is 21.9 Å². The minimum absolute atomic E-state index is 0.0726. The molecule has 1 aromatic heterocycles. The molecule has 0 bridgehead atoms. The van der Waals surface area contributed by atoms with E-state index in [-0.39, 0.29) is 10.8 Å². The maximum atomic E-state index is 11.5. The van der Waals surface area contributed by atoms with Crippen LogP contribution in [0.15, 0.2) is 15.8 Å². The summed E-state index contributed by atoms with van der Waals surface area (Å²) in [7, 11) is 0. The van der Waals surface area contributed by atoms with E-state index in [0.717, 1.165) is 6.20 Å². The lowest BCUT2D eigenvalue weighted by molar-refractivity contribution is -0.251. The van der Waals surface area contributed by atoms with Crippen molar-refractivity contribution in [3.8, 4) is 0 Å². The molecule has 0 amide bonds. The van der Waals surface area contributed by atoms with Gasteiger partial charge < -0.3 is 40.8 Å². The number of ether oxygens (including phenoxy) is 1. The fourth-order valence-corrected chi connectivity index (χ4v) is 2.31. The van der Waals surface area contributed by atoms with Crippen LogP contribution in [0.3, 0.4) is 0 Å². The molecule has 1 saturated heterocycles. The zero-order valence-electron chi connectivity index (χ0n) is 11.6. The number of thiocarbonyl (C=S) groups is 1. The van der Waals surface area contributed by atoms with Gasteiger partial charge in [0, 0.05) is 6.20 Å². The summed E-state index contributed by atoms with van der Waals surface area (Å²) in [4.78, 5) is 26.6. The molecule has 11 nitrogen and oxygen atoms in total. The molecule has 0 aliphatic carbocycles. The van der Waals surface area contributed by atoms with E-state index in [1.165, 1.54) is 0 Å². The summed E-state index contributed by atoms with van der Waals surface area (Å²) >= 11 is 4.94. The zero-order chi connectivity index (χ0) is 17.1. The molecular weight excluding hydrogens is 332 g/mol. The summed E-state index contributed by atoms with van der Waals surface area (Å²) in [6, 6.07) is -1.20. The van der Waals surface area contributed by atoms with Crippen molar-refractivity contribution in [3.05, 3.63) is 27.0 Å². The maximum absolute atomic E-state index is 11.5. The van der Waals surface area contributed by atoms with Crippen molar-refractivity contribution in [2.24, 2.45) is 0 Å². The minimum atomic E-state index is -1.56. The molecule has 0 aromatic carbocycles. The highest BCUT2D eigenvalue weighted by Gasteiger charge is 2.43. The predicted molar refractivity (Wildman–Crippen MR) is 80.8 cm³/mol.